The van der Waals surface area contributed by atoms with E-state index in [-0.39, 0.29) is 29.0 Å². The summed E-state index contributed by atoms with van der Waals surface area (Å²) in [5, 5.41) is 2.90. The van der Waals surface area contributed by atoms with Crippen molar-refractivity contribution >= 4 is 43.9 Å². The number of hydrogen-bond acceptors (Lipinski definition) is 7. The first-order valence-corrected chi connectivity index (χ1v) is 12.0. The van der Waals surface area contributed by atoms with E-state index in [2.05, 4.69) is 10.0 Å². The molecule has 1 amide bonds. The molecule has 0 saturated heterocycles. The quantitative estimate of drug-likeness (QED) is 0.677. The summed E-state index contributed by atoms with van der Waals surface area (Å²) in [6.45, 7) is 3.47. The summed E-state index contributed by atoms with van der Waals surface area (Å²) in [6.07, 6.45) is 3.50. The molecule has 0 fully saturated rings. The Morgan fingerprint density at radius 2 is 2.07 bits per heavy atom. The number of rotatable bonds is 5. The van der Waals surface area contributed by atoms with Crippen LogP contribution in [0.15, 0.2) is 17.0 Å². The molecule has 8 nitrogen and oxygen atoms in total. The van der Waals surface area contributed by atoms with E-state index in [9.17, 15) is 18.0 Å². The predicted molar refractivity (Wildman–Crippen MR) is 113 cm³/mol. The van der Waals surface area contributed by atoms with Crippen LogP contribution in [0.2, 0.25) is 0 Å². The zero-order chi connectivity index (χ0) is 21.5. The van der Waals surface area contributed by atoms with Gasteiger partial charge in [-0.3, -0.25) is 9.52 Å². The molecule has 4 rings (SSSR count). The van der Waals surface area contributed by atoms with Gasteiger partial charge in [-0.2, -0.15) is 0 Å². The summed E-state index contributed by atoms with van der Waals surface area (Å²) in [5.41, 5.74) is 1.96. The lowest BCUT2D eigenvalue weighted by Crippen LogP contribution is -2.26. The van der Waals surface area contributed by atoms with Crippen LogP contribution in [0.5, 0.6) is 5.75 Å². The Morgan fingerprint density at radius 3 is 2.83 bits per heavy atom. The Bertz CT molecular complexity index is 1140. The standard InChI is InChI=1S/C20H22N2O6S2/c1-3-27-20(24)18-12-6-4-5-7-15(12)29-19(18)22-30(25,26)16-9-13-14(8-11(16)2)28-10-17(23)21-13/h8-9,22H,3-7,10H2,1-2H3,(H,21,23). The SMILES string of the molecule is CCOC(=O)c1c(NS(=O)(=O)c2cc3c(cc2C)OCC(=O)N3)sc2c1CCCC2. The smallest absolute Gasteiger partial charge is 0.341 e. The van der Waals surface area contributed by atoms with Crippen LogP contribution >= 0.6 is 11.3 Å². The summed E-state index contributed by atoms with van der Waals surface area (Å²) in [6, 6.07) is 2.96. The Labute approximate surface area is 178 Å². The van der Waals surface area contributed by atoms with Crippen LogP contribution in [0.1, 0.15) is 46.1 Å². The topological polar surface area (TPSA) is 111 Å². The normalized spacial score (nSPS) is 15.5. The number of esters is 1. The molecule has 2 heterocycles. The summed E-state index contributed by atoms with van der Waals surface area (Å²) < 4.78 is 39.6. The second-order valence-electron chi connectivity index (χ2n) is 7.19. The zero-order valence-corrected chi connectivity index (χ0v) is 18.3. The monoisotopic (exact) mass is 450 g/mol. The highest BCUT2D eigenvalue weighted by Gasteiger charge is 2.30. The van der Waals surface area contributed by atoms with Crippen molar-refractivity contribution in [2.24, 2.45) is 0 Å². The maximum absolute atomic E-state index is 13.2. The number of carbonyl (C=O) groups is 2. The third-order valence-electron chi connectivity index (χ3n) is 5.08. The number of anilines is 2. The van der Waals surface area contributed by atoms with Gasteiger partial charge in [0, 0.05) is 4.88 Å². The van der Waals surface area contributed by atoms with Gasteiger partial charge in [-0.05, 0) is 62.8 Å². The van der Waals surface area contributed by atoms with E-state index in [0.717, 1.165) is 36.1 Å². The molecule has 2 aromatic rings. The number of carbonyl (C=O) groups excluding carboxylic acids is 2. The molecule has 0 bridgehead atoms. The van der Waals surface area contributed by atoms with Gasteiger partial charge in [0.25, 0.3) is 15.9 Å². The highest BCUT2D eigenvalue weighted by Crippen LogP contribution is 2.40. The van der Waals surface area contributed by atoms with Gasteiger partial charge in [0.05, 0.1) is 22.8 Å². The molecule has 2 N–H and O–H groups in total. The van der Waals surface area contributed by atoms with Crippen LogP contribution in [0, 0.1) is 6.92 Å². The van der Waals surface area contributed by atoms with Crippen LogP contribution in [0.3, 0.4) is 0 Å². The van der Waals surface area contributed by atoms with Gasteiger partial charge in [-0.25, -0.2) is 13.2 Å². The van der Waals surface area contributed by atoms with Gasteiger partial charge in [0.1, 0.15) is 10.8 Å². The van der Waals surface area contributed by atoms with Gasteiger partial charge >= 0.3 is 5.97 Å². The zero-order valence-electron chi connectivity index (χ0n) is 16.7. The highest BCUT2D eigenvalue weighted by atomic mass is 32.2. The molecule has 30 heavy (non-hydrogen) atoms. The molecule has 0 atom stereocenters. The van der Waals surface area contributed by atoms with E-state index < -0.39 is 16.0 Å². The van der Waals surface area contributed by atoms with Gasteiger partial charge < -0.3 is 14.8 Å². The molecule has 0 spiro atoms. The number of sulfonamides is 1. The van der Waals surface area contributed by atoms with Crippen LogP contribution in [0.25, 0.3) is 0 Å². The third kappa shape index (κ3) is 3.77. The van der Waals surface area contributed by atoms with Crippen molar-refractivity contribution in [3.63, 3.8) is 0 Å². The lowest BCUT2D eigenvalue weighted by molar-refractivity contribution is -0.118. The molecule has 160 valence electrons. The minimum absolute atomic E-state index is 0.00762. The maximum atomic E-state index is 13.2. The second-order valence-corrected chi connectivity index (χ2v) is 9.95. The minimum Gasteiger partial charge on any atom is -0.482 e. The molecule has 0 unspecified atom stereocenters. The fourth-order valence-electron chi connectivity index (χ4n) is 3.73. The lowest BCUT2D eigenvalue weighted by atomic mass is 9.95. The number of ether oxygens (including phenoxy) is 2. The molecule has 1 aromatic carbocycles. The number of aryl methyl sites for hydroxylation is 2. The number of nitrogens with one attached hydrogen (secondary N) is 2. The van der Waals surface area contributed by atoms with Crippen molar-refractivity contribution in [1.82, 2.24) is 0 Å². The fourth-order valence-corrected chi connectivity index (χ4v) is 6.57. The molecule has 0 saturated carbocycles. The van der Waals surface area contributed by atoms with Crippen LogP contribution in [-0.4, -0.2) is 33.5 Å². The van der Waals surface area contributed by atoms with Crippen molar-refractivity contribution < 1.29 is 27.5 Å². The number of thiophene rings is 1. The first kappa shape index (κ1) is 20.7. The highest BCUT2D eigenvalue weighted by molar-refractivity contribution is 7.93. The van der Waals surface area contributed by atoms with E-state index in [0.29, 0.717) is 22.6 Å². The first-order valence-electron chi connectivity index (χ1n) is 9.72. The van der Waals surface area contributed by atoms with Crippen LogP contribution < -0.4 is 14.8 Å². The first-order chi connectivity index (χ1) is 14.3. The van der Waals surface area contributed by atoms with E-state index in [1.165, 1.54) is 17.4 Å². The largest absolute Gasteiger partial charge is 0.482 e. The Morgan fingerprint density at radius 1 is 1.30 bits per heavy atom. The maximum Gasteiger partial charge on any atom is 0.341 e. The number of benzene rings is 1. The molecular weight excluding hydrogens is 428 g/mol. The molecule has 1 aliphatic carbocycles. The lowest BCUT2D eigenvalue weighted by Gasteiger charge is -2.20. The molecule has 1 aromatic heterocycles. The Balaban J connectivity index is 1.74. The molecule has 10 heteroatoms. The Hall–Kier alpha value is -2.59. The summed E-state index contributed by atoms with van der Waals surface area (Å²) in [4.78, 5) is 25.2. The van der Waals surface area contributed by atoms with Crippen molar-refractivity contribution in [3.05, 3.63) is 33.7 Å². The summed E-state index contributed by atoms with van der Waals surface area (Å²) >= 11 is 1.29. The van der Waals surface area contributed by atoms with Crippen molar-refractivity contribution in [2.45, 2.75) is 44.4 Å². The minimum atomic E-state index is -4.02. The van der Waals surface area contributed by atoms with Crippen molar-refractivity contribution in [3.8, 4) is 5.75 Å². The van der Waals surface area contributed by atoms with Crippen molar-refractivity contribution in [2.75, 3.05) is 23.3 Å². The number of fused-ring (bicyclic) bond motifs is 2. The van der Waals surface area contributed by atoms with Crippen LogP contribution in [0.4, 0.5) is 10.7 Å². The van der Waals surface area contributed by atoms with Crippen molar-refractivity contribution in [1.29, 1.82) is 0 Å². The Kier molecular flexibility index (Phi) is 5.46. The van der Waals surface area contributed by atoms with Gasteiger partial charge in [0.15, 0.2) is 6.61 Å². The predicted octanol–water partition coefficient (Wildman–Crippen LogP) is 3.24. The summed E-state index contributed by atoms with van der Waals surface area (Å²) in [7, 11) is -4.02. The molecular formula is C20H22N2O6S2. The average Bonchev–Trinajstić information content (AvgIpc) is 3.05. The van der Waals surface area contributed by atoms with Crippen LogP contribution in [-0.2, 0) is 32.4 Å². The molecule has 1 aliphatic heterocycles. The molecule has 2 aliphatic rings. The number of hydrogen-bond donors (Lipinski definition) is 2. The van der Waals surface area contributed by atoms with E-state index in [4.69, 9.17) is 9.47 Å². The third-order valence-corrected chi connectivity index (χ3v) is 7.91. The summed E-state index contributed by atoms with van der Waals surface area (Å²) in [5.74, 6) is -0.444. The van der Waals surface area contributed by atoms with Gasteiger partial charge in [0.2, 0.25) is 0 Å². The number of amides is 1. The van der Waals surface area contributed by atoms with Gasteiger partial charge in [-0.1, -0.05) is 0 Å². The molecule has 0 radical (unpaired) electrons. The van der Waals surface area contributed by atoms with Gasteiger partial charge in [-0.15, -0.1) is 11.3 Å². The second kappa shape index (κ2) is 7.92. The van der Waals surface area contributed by atoms with E-state index in [1.807, 2.05) is 0 Å². The fraction of sp³-hybridized carbons (Fsp3) is 0.400. The van der Waals surface area contributed by atoms with E-state index in [1.54, 1.807) is 19.9 Å². The van der Waals surface area contributed by atoms with E-state index >= 15 is 0 Å². The average molecular weight is 451 g/mol.